The largest absolute Gasteiger partial charge is 0.495 e. The second kappa shape index (κ2) is 8.61. The van der Waals surface area contributed by atoms with E-state index >= 15 is 0 Å². The van der Waals surface area contributed by atoms with E-state index in [4.69, 9.17) is 39.1 Å². The van der Waals surface area contributed by atoms with Crippen molar-refractivity contribution >= 4 is 57.9 Å². The van der Waals surface area contributed by atoms with E-state index in [1.54, 1.807) is 42.5 Å². The van der Waals surface area contributed by atoms with Gasteiger partial charge in [0.1, 0.15) is 12.4 Å². The van der Waals surface area contributed by atoms with Gasteiger partial charge in [-0.3, -0.25) is 9.59 Å². The molecule has 28 heavy (non-hydrogen) atoms. The van der Waals surface area contributed by atoms with Crippen molar-refractivity contribution in [2.24, 2.45) is 0 Å². The Hall–Kier alpha value is -2.59. The Kier molecular flexibility index (Phi) is 6.20. The van der Waals surface area contributed by atoms with Gasteiger partial charge in [-0.15, -0.1) is 6.42 Å². The van der Waals surface area contributed by atoms with Crippen molar-refractivity contribution in [2.45, 2.75) is 0 Å². The average molecular weight is 434 g/mol. The van der Waals surface area contributed by atoms with Crippen LogP contribution in [0, 0.1) is 12.3 Å². The lowest BCUT2D eigenvalue weighted by atomic mass is 10.2. The third-order valence-electron chi connectivity index (χ3n) is 3.74. The van der Waals surface area contributed by atoms with Gasteiger partial charge in [0.25, 0.3) is 11.1 Å². The second-order valence-corrected chi connectivity index (χ2v) is 7.30. The normalized spacial score (nSPS) is 15.1. The van der Waals surface area contributed by atoms with Crippen LogP contribution in [-0.2, 0) is 4.79 Å². The molecule has 3 rings (SSSR count). The molecule has 2 aromatic carbocycles. The lowest BCUT2D eigenvalue weighted by molar-refractivity contribution is -0.113. The van der Waals surface area contributed by atoms with Gasteiger partial charge in [-0.25, -0.2) is 4.90 Å². The zero-order valence-electron chi connectivity index (χ0n) is 14.6. The van der Waals surface area contributed by atoms with E-state index in [-0.39, 0.29) is 27.3 Å². The molecular formula is C20H13Cl2NO4S. The zero-order chi connectivity index (χ0) is 20.3. The van der Waals surface area contributed by atoms with Crippen molar-refractivity contribution in [3.05, 3.63) is 56.9 Å². The van der Waals surface area contributed by atoms with Crippen molar-refractivity contribution in [1.82, 2.24) is 0 Å². The van der Waals surface area contributed by atoms with E-state index in [1.165, 1.54) is 7.11 Å². The summed E-state index contributed by atoms with van der Waals surface area (Å²) >= 11 is 13.2. The molecule has 8 heteroatoms. The first-order chi connectivity index (χ1) is 13.5. The van der Waals surface area contributed by atoms with E-state index in [2.05, 4.69) is 5.92 Å². The van der Waals surface area contributed by atoms with Crippen LogP contribution in [0.25, 0.3) is 6.08 Å². The van der Waals surface area contributed by atoms with Crippen molar-refractivity contribution in [2.75, 3.05) is 18.6 Å². The topological polar surface area (TPSA) is 55.8 Å². The van der Waals surface area contributed by atoms with Gasteiger partial charge in [0.05, 0.1) is 27.7 Å². The number of benzene rings is 2. The molecule has 0 bridgehead atoms. The number of thioether (sulfide) groups is 1. The summed E-state index contributed by atoms with van der Waals surface area (Å²) < 4.78 is 10.6. The predicted molar refractivity (Wildman–Crippen MR) is 112 cm³/mol. The Labute approximate surface area is 176 Å². The molecule has 2 amide bonds. The Morgan fingerprint density at radius 3 is 2.54 bits per heavy atom. The number of hydrogen-bond donors (Lipinski definition) is 0. The summed E-state index contributed by atoms with van der Waals surface area (Å²) in [6.45, 7) is 0.0244. The van der Waals surface area contributed by atoms with Crippen LogP contribution < -0.4 is 14.4 Å². The van der Waals surface area contributed by atoms with E-state index in [0.717, 1.165) is 16.7 Å². The molecule has 1 aliphatic rings. The fourth-order valence-electron chi connectivity index (χ4n) is 2.56. The summed E-state index contributed by atoms with van der Waals surface area (Å²) in [7, 11) is 1.47. The highest BCUT2D eigenvalue weighted by Gasteiger charge is 2.37. The summed E-state index contributed by atoms with van der Waals surface area (Å²) in [6, 6.07) is 9.96. The molecule has 0 aliphatic carbocycles. The molecule has 5 nitrogen and oxygen atoms in total. The summed E-state index contributed by atoms with van der Waals surface area (Å²) in [5.74, 6) is 2.56. The number of para-hydroxylation sites is 2. The second-order valence-electron chi connectivity index (χ2n) is 5.50. The lowest BCUT2D eigenvalue weighted by Crippen LogP contribution is -2.28. The number of carbonyl (C=O) groups excluding carboxylic acids is 2. The molecule has 1 aliphatic heterocycles. The number of imide groups is 1. The molecule has 1 heterocycles. The molecule has 1 saturated heterocycles. The van der Waals surface area contributed by atoms with Crippen molar-refractivity contribution in [3.8, 4) is 23.8 Å². The number of halogens is 2. The molecule has 0 atom stereocenters. The standard InChI is InChI=1S/C20H13Cl2NO4S/c1-3-8-27-18-13(21)9-12(10-14(18)22)11-17-19(24)23(20(25)28-17)15-6-4-5-7-16(15)26-2/h1,4-7,9-11H,8H2,2H3/b17-11-. The van der Waals surface area contributed by atoms with Crippen LogP contribution in [0.2, 0.25) is 10.0 Å². The number of terminal acetylenes is 1. The molecule has 0 radical (unpaired) electrons. The number of nitrogens with zero attached hydrogens (tertiary/aromatic N) is 1. The highest BCUT2D eigenvalue weighted by Crippen LogP contribution is 2.41. The maximum absolute atomic E-state index is 12.8. The third kappa shape index (κ3) is 3.97. The van der Waals surface area contributed by atoms with Gasteiger partial charge in [0.2, 0.25) is 0 Å². The van der Waals surface area contributed by atoms with Gasteiger partial charge in [0.15, 0.2) is 5.75 Å². The maximum atomic E-state index is 12.8. The SMILES string of the molecule is C#CCOc1c(Cl)cc(/C=C2\SC(=O)N(c3ccccc3OC)C2=O)cc1Cl. The molecular weight excluding hydrogens is 421 g/mol. The maximum Gasteiger partial charge on any atom is 0.298 e. The summed E-state index contributed by atoms with van der Waals surface area (Å²) in [4.78, 5) is 26.6. The highest BCUT2D eigenvalue weighted by atomic mass is 35.5. The first-order valence-electron chi connectivity index (χ1n) is 7.92. The van der Waals surface area contributed by atoms with Crippen LogP contribution in [0.5, 0.6) is 11.5 Å². The molecule has 0 unspecified atom stereocenters. The first kappa shape index (κ1) is 20.2. The number of methoxy groups -OCH3 is 1. The molecule has 0 aromatic heterocycles. The Morgan fingerprint density at radius 1 is 1.21 bits per heavy atom. The molecule has 0 saturated carbocycles. The number of rotatable bonds is 5. The summed E-state index contributed by atoms with van der Waals surface area (Å²) in [6.07, 6.45) is 6.71. The highest BCUT2D eigenvalue weighted by molar-refractivity contribution is 8.19. The quantitative estimate of drug-likeness (QED) is 0.475. The molecule has 142 valence electrons. The van der Waals surface area contributed by atoms with Gasteiger partial charge < -0.3 is 9.47 Å². The number of anilines is 1. The number of ether oxygens (including phenoxy) is 2. The minimum Gasteiger partial charge on any atom is -0.495 e. The number of hydrogen-bond acceptors (Lipinski definition) is 5. The van der Waals surface area contributed by atoms with E-state index < -0.39 is 11.1 Å². The van der Waals surface area contributed by atoms with Crippen molar-refractivity contribution in [3.63, 3.8) is 0 Å². The van der Waals surface area contributed by atoms with Crippen LogP contribution in [0.1, 0.15) is 5.56 Å². The first-order valence-corrected chi connectivity index (χ1v) is 9.49. The monoisotopic (exact) mass is 433 g/mol. The van der Waals surface area contributed by atoms with E-state index in [1.807, 2.05) is 0 Å². The van der Waals surface area contributed by atoms with Crippen molar-refractivity contribution < 1.29 is 19.1 Å². The van der Waals surface area contributed by atoms with E-state index in [9.17, 15) is 9.59 Å². The Morgan fingerprint density at radius 2 is 1.89 bits per heavy atom. The lowest BCUT2D eigenvalue weighted by Gasteiger charge is -2.15. The average Bonchev–Trinajstić information content (AvgIpc) is 2.94. The fourth-order valence-corrected chi connectivity index (χ4v) is 4.00. The van der Waals surface area contributed by atoms with Crippen LogP contribution in [-0.4, -0.2) is 24.9 Å². The Bertz CT molecular complexity index is 1010. The minimum atomic E-state index is -0.459. The minimum absolute atomic E-state index is 0.0244. The van der Waals surface area contributed by atoms with Gasteiger partial charge in [-0.1, -0.05) is 41.3 Å². The third-order valence-corrected chi connectivity index (χ3v) is 5.17. The molecule has 0 spiro atoms. The van der Waals surface area contributed by atoms with Gasteiger partial charge in [-0.05, 0) is 47.7 Å². The smallest absolute Gasteiger partial charge is 0.298 e. The number of amides is 2. The van der Waals surface area contributed by atoms with Crippen LogP contribution in [0.3, 0.4) is 0 Å². The predicted octanol–water partition coefficient (Wildman–Crippen LogP) is 5.25. The van der Waals surface area contributed by atoms with Gasteiger partial charge in [0, 0.05) is 0 Å². The van der Waals surface area contributed by atoms with E-state index in [0.29, 0.717) is 17.0 Å². The fraction of sp³-hybridized carbons (Fsp3) is 0.100. The summed E-state index contributed by atoms with van der Waals surface area (Å²) in [5.41, 5.74) is 0.929. The van der Waals surface area contributed by atoms with Crippen LogP contribution >= 0.6 is 35.0 Å². The molecule has 0 N–H and O–H groups in total. The van der Waals surface area contributed by atoms with Gasteiger partial charge >= 0.3 is 0 Å². The molecule has 2 aromatic rings. The summed E-state index contributed by atoms with van der Waals surface area (Å²) in [5, 5.41) is 0.0721. The van der Waals surface area contributed by atoms with Crippen LogP contribution in [0.4, 0.5) is 10.5 Å². The van der Waals surface area contributed by atoms with Crippen molar-refractivity contribution in [1.29, 1.82) is 0 Å². The zero-order valence-corrected chi connectivity index (χ0v) is 16.9. The number of carbonyl (C=O) groups is 2. The van der Waals surface area contributed by atoms with Crippen LogP contribution in [0.15, 0.2) is 41.3 Å². The van der Waals surface area contributed by atoms with Gasteiger partial charge in [-0.2, -0.15) is 0 Å². The molecule has 1 fully saturated rings. The Balaban J connectivity index is 1.93.